The molecule has 28 heavy (non-hydrogen) atoms. The van der Waals surface area contributed by atoms with Crippen molar-refractivity contribution in [1.82, 2.24) is 10.2 Å². The van der Waals surface area contributed by atoms with E-state index in [-0.39, 0.29) is 18.9 Å². The van der Waals surface area contributed by atoms with E-state index < -0.39 is 18.1 Å². The molecule has 1 aromatic rings. The van der Waals surface area contributed by atoms with E-state index in [4.69, 9.17) is 4.74 Å². The Hall–Kier alpha value is -2.12. The van der Waals surface area contributed by atoms with Crippen LogP contribution in [0, 0.1) is 5.92 Å². The summed E-state index contributed by atoms with van der Waals surface area (Å²) >= 11 is 0. The number of rotatable bonds is 4. The number of amides is 2. The smallest absolute Gasteiger partial charge is 0.391 e. The van der Waals surface area contributed by atoms with Crippen LogP contribution < -0.4 is 15.0 Å². The third-order valence-corrected chi connectivity index (χ3v) is 5.54. The van der Waals surface area contributed by atoms with Crippen molar-refractivity contribution in [2.24, 2.45) is 5.92 Å². The minimum absolute atomic E-state index is 0.0169. The lowest BCUT2D eigenvalue weighted by Gasteiger charge is -2.38. The van der Waals surface area contributed by atoms with E-state index >= 15 is 0 Å². The number of hydrogen-bond donors (Lipinski definition) is 1. The van der Waals surface area contributed by atoms with E-state index in [2.05, 4.69) is 10.2 Å². The molecule has 2 atom stereocenters. The number of anilines is 1. The zero-order valence-corrected chi connectivity index (χ0v) is 16.2. The van der Waals surface area contributed by atoms with Crippen molar-refractivity contribution in [3.63, 3.8) is 0 Å². The highest BCUT2D eigenvalue weighted by molar-refractivity contribution is 5.75. The van der Waals surface area contributed by atoms with Crippen LogP contribution in [0.25, 0.3) is 0 Å². The summed E-state index contributed by atoms with van der Waals surface area (Å²) in [5.41, 5.74) is 1.00. The third-order valence-electron chi connectivity index (χ3n) is 5.54. The van der Waals surface area contributed by atoms with Crippen molar-refractivity contribution >= 4 is 11.7 Å². The minimum atomic E-state index is -4.18. The predicted molar refractivity (Wildman–Crippen MR) is 102 cm³/mol. The fourth-order valence-corrected chi connectivity index (χ4v) is 4.03. The minimum Gasteiger partial charge on any atom is -0.492 e. The van der Waals surface area contributed by atoms with Gasteiger partial charge >= 0.3 is 12.2 Å². The van der Waals surface area contributed by atoms with Gasteiger partial charge in [-0.05, 0) is 38.3 Å². The van der Waals surface area contributed by atoms with Crippen molar-refractivity contribution in [2.45, 2.75) is 44.8 Å². The van der Waals surface area contributed by atoms with E-state index in [0.29, 0.717) is 45.6 Å². The second-order valence-electron chi connectivity index (χ2n) is 7.43. The molecule has 2 fully saturated rings. The first-order valence-electron chi connectivity index (χ1n) is 9.97. The van der Waals surface area contributed by atoms with Crippen LogP contribution in [0.4, 0.5) is 23.7 Å². The molecule has 0 bridgehead atoms. The third kappa shape index (κ3) is 5.02. The number of benzene rings is 1. The molecular formula is C20H28F3N3O2. The van der Waals surface area contributed by atoms with Gasteiger partial charge in [-0.25, -0.2) is 4.79 Å². The Bertz CT molecular complexity index is 660. The summed E-state index contributed by atoms with van der Waals surface area (Å²) in [6, 6.07) is 7.15. The van der Waals surface area contributed by atoms with Crippen molar-refractivity contribution in [2.75, 3.05) is 37.7 Å². The van der Waals surface area contributed by atoms with Crippen LogP contribution in [0.15, 0.2) is 24.3 Å². The van der Waals surface area contributed by atoms with Crippen LogP contribution in [0.3, 0.4) is 0 Å². The van der Waals surface area contributed by atoms with Crippen LogP contribution >= 0.6 is 0 Å². The molecule has 1 saturated heterocycles. The summed E-state index contributed by atoms with van der Waals surface area (Å²) in [6.07, 6.45) is -2.93. The van der Waals surface area contributed by atoms with Crippen LogP contribution in [-0.2, 0) is 0 Å². The second kappa shape index (κ2) is 8.92. The van der Waals surface area contributed by atoms with E-state index in [0.717, 1.165) is 11.4 Å². The van der Waals surface area contributed by atoms with Gasteiger partial charge in [0, 0.05) is 32.2 Å². The molecule has 0 spiro atoms. The lowest BCUT2D eigenvalue weighted by atomic mass is 9.85. The van der Waals surface area contributed by atoms with Gasteiger partial charge in [0.25, 0.3) is 0 Å². The Morgan fingerprint density at radius 2 is 1.89 bits per heavy atom. The van der Waals surface area contributed by atoms with Gasteiger partial charge in [0.05, 0.1) is 18.2 Å². The summed E-state index contributed by atoms with van der Waals surface area (Å²) < 4.78 is 44.6. The number of urea groups is 1. The molecule has 8 heteroatoms. The highest BCUT2D eigenvalue weighted by Gasteiger charge is 2.42. The van der Waals surface area contributed by atoms with Crippen molar-refractivity contribution in [1.29, 1.82) is 0 Å². The Morgan fingerprint density at radius 3 is 2.57 bits per heavy atom. The molecule has 5 nitrogen and oxygen atoms in total. The molecule has 0 aromatic heterocycles. The van der Waals surface area contributed by atoms with Gasteiger partial charge in [-0.15, -0.1) is 0 Å². The summed E-state index contributed by atoms with van der Waals surface area (Å²) in [6.45, 7) is 4.90. The van der Waals surface area contributed by atoms with Gasteiger partial charge < -0.3 is 19.9 Å². The topological polar surface area (TPSA) is 44.8 Å². The van der Waals surface area contributed by atoms with Crippen LogP contribution in [0.5, 0.6) is 5.75 Å². The van der Waals surface area contributed by atoms with Crippen LogP contribution in [0.2, 0.25) is 0 Å². The molecule has 1 aliphatic carbocycles. The Labute approximate surface area is 163 Å². The Morgan fingerprint density at radius 1 is 1.18 bits per heavy atom. The number of nitrogens with one attached hydrogen (secondary N) is 1. The Balaban J connectivity index is 1.52. The quantitative estimate of drug-likeness (QED) is 0.831. The van der Waals surface area contributed by atoms with Gasteiger partial charge in [-0.1, -0.05) is 18.6 Å². The molecule has 1 heterocycles. The lowest BCUT2D eigenvalue weighted by Crippen LogP contribution is -2.54. The summed E-state index contributed by atoms with van der Waals surface area (Å²) in [4.78, 5) is 16.4. The van der Waals surface area contributed by atoms with E-state index in [1.165, 1.54) is 0 Å². The number of hydrogen-bond acceptors (Lipinski definition) is 3. The number of piperazine rings is 1. The summed E-state index contributed by atoms with van der Waals surface area (Å²) in [5, 5.41) is 2.82. The standard InChI is InChI=1S/C20H28F3N3O2/c1-2-28-18-9-4-3-8-17(18)25-10-12-26(13-11-25)19(27)24-16-7-5-6-15(14-16)20(21,22)23/h3-4,8-9,15-16H,2,5-7,10-14H2,1H3,(H,24,27)/t15-,16+/m1/s1. The Kier molecular flexibility index (Phi) is 6.57. The fourth-order valence-electron chi connectivity index (χ4n) is 4.03. The van der Waals surface area contributed by atoms with Gasteiger partial charge in [-0.3, -0.25) is 0 Å². The van der Waals surface area contributed by atoms with Gasteiger partial charge in [0.2, 0.25) is 0 Å². The highest BCUT2D eigenvalue weighted by Crippen LogP contribution is 2.37. The monoisotopic (exact) mass is 399 g/mol. The average Bonchev–Trinajstić information content (AvgIpc) is 2.68. The number of halogens is 3. The largest absolute Gasteiger partial charge is 0.492 e. The number of ether oxygens (including phenoxy) is 1. The van der Waals surface area contributed by atoms with Crippen LogP contribution in [0.1, 0.15) is 32.6 Å². The molecule has 2 amide bonds. The van der Waals surface area contributed by atoms with Gasteiger partial charge in [0.15, 0.2) is 0 Å². The summed E-state index contributed by atoms with van der Waals surface area (Å²) in [7, 11) is 0. The number of para-hydroxylation sites is 2. The van der Waals surface area contributed by atoms with E-state index in [1.54, 1.807) is 4.90 Å². The normalized spacial score (nSPS) is 23.4. The number of alkyl halides is 3. The maximum Gasteiger partial charge on any atom is 0.391 e. The van der Waals surface area contributed by atoms with Gasteiger partial charge in [0.1, 0.15) is 5.75 Å². The average molecular weight is 399 g/mol. The van der Waals surface area contributed by atoms with E-state index in [9.17, 15) is 18.0 Å². The van der Waals surface area contributed by atoms with E-state index in [1.807, 2.05) is 31.2 Å². The molecule has 0 radical (unpaired) electrons. The molecule has 2 aliphatic rings. The molecular weight excluding hydrogens is 371 g/mol. The first-order chi connectivity index (χ1) is 13.4. The summed E-state index contributed by atoms with van der Waals surface area (Å²) in [5.74, 6) is -0.484. The van der Waals surface area contributed by atoms with Crippen LogP contribution in [-0.4, -0.2) is 55.9 Å². The maximum atomic E-state index is 13.0. The van der Waals surface area contributed by atoms with Gasteiger partial charge in [-0.2, -0.15) is 13.2 Å². The maximum absolute atomic E-state index is 13.0. The highest BCUT2D eigenvalue weighted by atomic mass is 19.4. The molecule has 156 valence electrons. The SMILES string of the molecule is CCOc1ccccc1N1CCN(C(=O)N[C@H]2CCC[C@@H](C(F)(F)F)C2)CC1. The lowest BCUT2D eigenvalue weighted by molar-refractivity contribution is -0.183. The number of carbonyl (C=O) groups excluding carboxylic acids is 1. The first kappa shape index (κ1) is 20.6. The predicted octanol–water partition coefficient (Wildman–Crippen LogP) is 4.04. The molecule has 1 aromatic carbocycles. The zero-order valence-electron chi connectivity index (χ0n) is 16.2. The van der Waals surface area contributed by atoms with Crippen molar-refractivity contribution in [3.05, 3.63) is 24.3 Å². The zero-order chi connectivity index (χ0) is 20.1. The second-order valence-corrected chi connectivity index (χ2v) is 7.43. The number of nitrogens with zero attached hydrogens (tertiary/aromatic N) is 2. The van der Waals surface area contributed by atoms with Crippen molar-refractivity contribution in [3.8, 4) is 5.75 Å². The molecule has 1 saturated carbocycles. The molecule has 3 rings (SSSR count). The van der Waals surface area contributed by atoms with Crippen molar-refractivity contribution < 1.29 is 22.7 Å². The fraction of sp³-hybridized carbons (Fsp3) is 0.650. The first-order valence-corrected chi connectivity index (χ1v) is 9.97. The number of carbonyl (C=O) groups is 1. The molecule has 1 aliphatic heterocycles. The molecule has 0 unspecified atom stereocenters. The molecule has 1 N–H and O–H groups in total.